The molecule has 0 aliphatic heterocycles. The average Bonchev–Trinajstić information content (AvgIpc) is 2.70. The largest absolute Gasteiger partial charge is 0.480 e. The molecule has 0 bridgehead atoms. The van der Waals surface area contributed by atoms with Crippen molar-refractivity contribution in [3.8, 4) is 0 Å². The van der Waals surface area contributed by atoms with Gasteiger partial charge in [-0.05, 0) is 6.42 Å². The van der Waals surface area contributed by atoms with E-state index in [0.717, 1.165) is 6.92 Å². The standard InChI is InChI=1S/C18H30N4O11/c1-10(23)22-18(17(29)30,6-5-13(20)25)33-8-7-32-15(31-2)9-14(26)21-11(16(27)28)3-4-12(19)24/h11,15H,3-9H2,1-2H3,(H2,19,24)(H2,20,25)(H,21,26)(H,22,23)(H,27,28)(H,29,30). The van der Waals surface area contributed by atoms with Gasteiger partial charge in [-0.15, -0.1) is 0 Å². The van der Waals surface area contributed by atoms with Crippen molar-refractivity contribution >= 4 is 35.6 Å². The number of carbonyl (C=O) groups excluding carboxylic acids is 4. The van der Waals surface area contributed by atoms with Gasteiger partial charge in [0.15, 0.2) is 6.29 Å². The van der Waals surface area contributed by atoms with Crippen LogP contribution in [0.5, 0.6) is 0 Å². The maximum absolute atomic E-state index is 12.1. The monoisotopic (exact) mass is 478 g/mol. The molecule has 8 N–H and O–H groups in total. The summed E-state index contributed by atoms with van der Waals surface area (Å²) < 4.78 is 15.5. The Hall–Kier alpha value is -3.30. The van der Waals surface area contributed by atoms with Gasteiger partial charge in [0, 0.05) is 33.3 Å². The first-order chi connectivity index (χ1) is 15.3. The molecule has 33 heavy (non-hydrogen) atoms. The number of amides is 4. The minimum absolute atomic E-state index is 0.200. The van der Waals surface area contributed by atoms with Gasteiger partial charge in [-0.3, -0.25) is 19.2 Å². The average molecular weight is 478 g/mol. The Bertz CT molecular complexity index is 730. The summed E-state index contributed by atoms with van der Waals surface area (Å²) in [6, 6.07) is -1.34. The Morgan fingerprint density at radius 2 is 1.61 bits per heavy atom. The predicted octanol–water partition coefficient (Wildman–Crippen LogP) is -2.60. The molecule has 0 saturated heterocycles. The molecule has 15 heteroatoms. The smallest absolute Gasteiger partial charge is 0.357 e. The molecule has 0 aromatic heterocycles. The van der Waals surface area contributed by atoms with Gasteiger partial charge in [0.05, 0.1) is 19.6 Å². The van der Waals surface area contributed by atoms with Crippen LogP contribution in [0.4, 0.5) is 0 Å². The summed E-state index contributed by atoms with van der Waals surface area (Å²) in [5, 5.41) is 22.9. The molecule has 4 amide bonds. The van der Waals surface area contributed by atoms with Crippen LogP contribution in [0.15, 0.2) is 0 Å². The molecule has 0 saturated carbocycles. The summed E-state index contributed by atoms with van der Waals surface area (Å²) in [6.07, 6.45) is -2.83. The topological polar surface area (TPSA) is 247 Å². The van der Waals surface area contributed by atoms with E-state index in [1.807, 2.05) is 0 Å². The number of ether oxygens (including phenoxy) is 3. The number of aliphatic carboxylic acids is 2. The van der Waals surface area contributed by atoms with Gasteiger partial charge in [-0.2, -0.15) is 0 Å². The van der Waals surface area contributed by atoms with Gasteiger partial charge in [-0.1, -0.05) is 0 Å². The summed E-state index contributed by atoms with van der Waals surface area (Å²) in [5.41, 5.74) is 7.79. The summed E-state index contributed by atoms with van der Waals surface area (Å²) in [5.74, 6) is -5.91. The first kappa shape index (κ1) is 29.7. The van der Waals surface area contributed by atoms with E-state index in [0.29, 0.717) is 0 Å². The third kappa shape index (κ3) is 12.4. The number of nitrogens with one attached hydrogen (secondary N) is 2. The Kier molecular flexibility index (Phi) is 13.2. The molecule has 3 unspecified atom stereocenters. The van der Waals surface area contributed by atoms with E-state index in [1.165, 1.54) is 7.11 Å². The molecule has 0 aliphatic carbocycles. The molecule has 15 nitrogen and oxygen atoms in total. The quantitative estimate of drug-likeness (QED) is 0.0880. The molecular formula is C18H30N4O11. The SMILES string of the molecule is COC(CC(=O)NC(CCC(N)=O)C(=O)O)OCCOC(CCC(N)=O)(NC(C)=O)C(=O)O. The van der Waals surface area contributed by atoms with Crippen molar-refractivity contribution in [3.05, 3.63) is 0 Å². The highest BCUT2D eigenvalue weighted by Crippen LogP contribution is 2.16. The molecule has 188 valence electrons. The van der Waals surface area contributed by atoms with E-state index in [2.05, 4.69) is 10.6 Å². The number of hydrogen-bond acceptors (Lipinski definition) is 9. The van der Waals surface area contributed by atoms with Crippen molar-refractivity contribution in [3.63, 3.8) is 0 Å². The number of methoxy groups -OCH3 is 1. The van der Waals surface area contributed by atoms with E-state index in [4.69, 9.17) is 30.8 Å². The fourth-order valence-electron chi connectivity index (χ4n) is 2.53. The van der Waals surface area contributed by atoms with Gasteiger partial charge < -0.3 is 46.5 Å². The van der Waals surface area contributed by atoms with Gasteiger partial charge in [0.1, 0.15) is 6.04 Å². The van der Waals surface area contributed by atoms with Crippen LogP contribution in [-0.4, -0.2) is 84.2 Å². The van der Waals surface area contributed by atoms with E-state index in [9.17, 15) is 33.9 Å². The van der Waals surface area contributed by atoms with Crippen molar-refractivity contribution < 1.29 is 53.2 Å². The second kappa shape index (κ2) is 14.7. The molecule has 0 rings (SSSR count). The first-order valence-corrected chi connectivity index (χ1v) is 9.72. The van der Waals surface area contributed by atoms with Crippen LogP contribution >= 0.6 is 0 Å². The highest BCUT2D eigenvalue weighted by atomic mass is 16.7. The highest BCUT2D eigenvalue weighted by Gasteiger charge is 2.41. The van der Waals surface area contributed by atoms with Crippen LogP contribution in [0, 0.1) is 0 Å². The zero-order chi connectivity index (χ0) is 25.6. The molecule has 0 heterocycles. The number of rotatable bonds is 18. The Balaban J connectivity index is 4.84. The van der Waals surface area contributed by atoms with Crippen LogP contribution < -0.4 is 22.1 Å². The second-order valence-corrected chi connectivity index (χ2v) is 6.83. The third-order valence-corrected chi connectivity index (χ3v) is 4.11. The fourth-order valence-corrected chi connectivity index (χ4v) is 2.53. The summed E-state index contributed by atoms with van der Waals surface area (Å²) in [4.78, 5) is 68.2. The van der Waals surface area contributed by atoms with Crippen LogP contribution in [-0.2, 0) is 43.0 Å². The van der Waals surface area contributed by atoms with E-state index < -0.39 is 66.5 Å². The maximum atomic E-state index is 12.1. The molecule has 0 fully saturated rings. The molecule has 0 aromatic rings. The Morgan fingerprint density at radius 3 is 2.06 bits per heavy atom. The van der Waals surface area contributed by atoms with Gasteiger partial charge >= 0.3 is 11.9 Å². The third-order valence-electron chi connectivity index (χ3n) is 4.11. The lowest BCUT2D eigenvalue weighted by Crippen LogP contribution is -2.56. The molecule has 0 aromatic carbocycles. The molecule has 3 atom stereocenters. The lowest BCUT2D eigenvalue weighted by atomic mass is 10.1. The van der Waals surface area contributed by atoms with Crippen LogP contribution in [0.25, 0.3) is 0 Å². The number of hydrogen-bond donors (Lipinski definition) is 6. The maximum Gasteiger partial charge on any atom is 0.357 e. The Morgan fingerprint density at radius 1 is 1.00 bits per heavy atom. The zero-order valence-electron chi connectivity index (χ0n) is 18.3. The number of primary amides is 2. The summed E-state index contributed by atoms with van der Waals surface area (Å²) >= 11 is 0. The van der Waals surface area contributed by atoms with Crippen molar-refractivity contribution in [1.82, 2.24) is 10.6 Å². The Labute approximate surface area is 189 Å². The molecular weight excluding hydrogens is 448 g/mol. The summed E-state index contributed by atoms with van der Waals surface area (Å²) in [6.45, 7) is 0.388. The fraction of sp³-hybridized carbons (Fsp3) is 0.667. The van der Waals surface area contributed by atoms with Crippen molar-refractivity contribution in [2.45, 2.75) is 57.1 Å². The van der Waals surface area contributed by atoms with Crippen molar-refractivity contribution in [2.75, 3.05) is 20.3 Å². The van der Waals surface area contributed by atoms with Gasteiger partial charge in [-0.25, -0.2) is 9.59 Å². The number of nitrogens with two attached hydrogens (primary N) is 2. The van der Waals surface area contributed by atoms with Gasteiger partial charge in [0.2, 0.25) is 29.4 Å². The van der Waals surface area contributed by atoms with Crippen LogP contribution in [0.2, 0.25) is 0 Å². The minimum Gasteiger partial charge on any atom is -0.480 e. The van der Waals surface area contributed by atoms with Crippen LogP contribution in [0.3, 0.4) is 0 Å². The van der Waals surface area contributed by atoms with E-state index in [1.54, 1.807) is 0 Å². The molecule has 0 radical (unpaired) electrons. The predicted molar refractivity (Wildman–Crippen MR) is 108 cm³/mol. The van der Waals surface area contributed by atoms with Crippen LogP contribution in [0.1, 0.15) is 39.0 Å². The normalized spacial score (nSPS) is 14.4. The minimum atomic E-state index is -2.22. The number of carboxylic acids is 2. The van der Waals surface area contributed by atoms with E-state index in [-0.39, 0.29) is 32.5 Å². The summed E-state index contributed by atoms with van der Waals surface area (Å²) in [7, 11) is 1.21. The molecule has 0 spiro atoms. The lowest BCUT2D eigenvalue weighted by Gasteiger charge is -2.30. The number of carboxylic acid groups (broad SMARTS) is 2. The highest BCUT2D eigenvalue weighted by molar-refractivity contribution is 5.86. The van der Waals surface area contributed by atoms with Crippen molar-refractivity contribution in [1.29, 1.82) is 0 Å². The van der Waals surface area contributed by atoms with E-state index >= 15 is 0 Å². The zero-order valence-corrected chi connectivity index (χ0v) is 18.3. The lowest BCUT2D eigenvalue weighted by molar-refractivity contribution is -0.185. The number of carbonyl (C=O) groups is 6. The second-order valence-electron chi connectivity index (χ2n) is 6.83. The first-order valence-electron chi connectivity index (χ1n) is 9.72. The van der Waals surface area contributed by atoms with Crippen molar-refractivity contribution in [2.24, 2.45) is 11.5 Å². The van der Waals surface area contributed by atoms with Gasteiger partial charge in [0.25, 0.3) is 0 Å². The molecule has 0 aliphatic rings.